The van der Waals surface area contributed by atoms with Crippen LogP contribution in [0.1, 0.15) is 104 Å². The van der Waals surface area contributed by atoms with Crippen molar-refractivity contribution < 1.29 is 19.4 Å². The van der Waals surface area contributed by atoms with Gasteiger partial charge < -0.3 is 9.84 Å². The second kappa shape index (κ2) is 16.3. The minimum atomic E-state index is -0.231. The first-order valence-corrected chi connectivity index (χ1v) is 12.6. The van der Waals surface area contributed by atoms with Gasteiger partial charge in [-0.25, -0.2) is 0 Å². The Bertz CT molecular complexity index is 427. The van der Waals surface area contributed by atoms with E-state index in [2.05, 4.69) is 6.92 Å². The minimum Gasteiger partial charge on any atom is -0.466 e. The molecule has 0 spiro atoms. The molecule has 1 fully saturated rings. The van der Waals surface area contributed by atoms with E-state index in [-0.39, 0.29) is 18.0 Å². The van der Waals surface area contributed by atoms with E-state index in [0.29, 0.717) is 30.5 Å². The van der Waals surface area contributed by atoms with Crippen LogP contribution < -0.4 is 0 Å². The number of Topliss-reactive ketones (excluding diaryl/α,β-unsaturated/α-hetero) is 1. The number of carbonyl (C=O) groups is 2. The van der Waals surface area contributed by atoms with Crippen molar-refractivity contribution in [2.24, 2.45) is 5.92 Å². The summed E-state index contributed by atoms with van der Waals surface area (Å²) in [5, 5.41) is 10.6. The fourth-order valence-electron chi connectivity index (χ4n) is 3.95. The molecule has 0 bridgehead atoms. The van der Waals surface area contributed by atoms with Gasteiger partial charge in [-0.3, -0.25) is 9.59 Å². The van der Waals surface area contributed by atoms with Crippen molar-refractivity contribution in [3.63, 3.8) is 0 Å². The highest BCUT2D eigenvalue weighted by Crippen LogP contribution is 2.36. The summed E-state index contributed by atoms with van der Waals surface area (Å²) in [6.07, 6.45) is 14.0. The van der Waals surface area contributed by atoms with Gasteiger partial charge >= 0.3 is 5.97 Å². The molecular formula is C23H42O4S. The monoisotopic (exact) mass is 414 g/mol. The Morgan fingerprint density at radius 1 is 1.11 bits per heavy atom. The van der Waals surface area contributed by atoms with Crippen LogP contribution in [0.3, 0.4) is 0 Å². The van der Waals surface area contributed by atoms with E-state index in [4.69, 9.17) is 4.74 Å². The van der Waals surface area contributed by atoms with Crippen molar-refractivity contribution in [2.75, 3.05) is 12.4 Å². The molecule has 1 saturated carbocycles. The lowest BCUT2D eigenvalue weighted by atomic mass is 9.98. The van der Waals surface area contributed by atoms with Crippen molar-refractivity contribution in [3.8, 4) is 0 Å². The second-order valence-corrected chi connectivity index (χ2v) is 9.37. The fourth-order valence-corrected chi connectivity index (χ4v) is 5.39. The zero-order valence-electron chi connectivity index (χ0n) is 18.1. The van der Waals surface area contributed by atoms with Crippen LogP contribution in [0.4, 0.5) is 0 Å². The van der Waals surface area contributed by atoms with Gasteiger partial charge in [0.05, 0.1) is 12.7 Å². The van der Waals surface area contributed by atoms with Crippen LogP contribution in [0.2, 0.25) is 0 Å². The number of aliphatic hydroxyl groups is 1. The van der Waals surface area contributed by atoms with E-state index in [0.717, 1.165) is 57.1 Å². The molecule has 164 valence electrons. The van der Waals surface area contributed by atoms with E-state index >= 15 is 0 Å². The van der Waals surface area contributed by atoms with Crippen LogP contribution in [0, 0.1) is 5.92 Å². The summed E-state index contributed by atoms with van der Waals surface area (Å²) < 4.78 is 4.94. The SMILES string of the molecule is CCCCCCCC(O)CSC1CCC(=O)C1CCCCCCC(=O)OCC. The number of aliphatic hydroxyl groups excluding tert-OH is 1. The van der Waals surface area contributed by atoms with Gasteiger partial charge in [0.15, 0.2) is 0 Å². The molecule has 0 radical (unpaired) electrons. The Kier molecular flexibility index (Phi) is 14.8. The number of hydrogen-bond acceptors (Lipinski definition) is 5. The lowest BCUT2D eigenvalue weighted by molar-refractivity contribution is -0.143. The van der Waals surface area contributed by atoms with Gasteiger partial charge in [-0.1, -0.05) is 58.3 Å². The highest BCUT2D eigenvalue weighted by molar-refractivity contribution is 8.00. The Morgan fingerprint density at radius 3 is 2.57 bits per heavy atom. The largest absolute Gasteiger partial charge is 0.466 e. The Labute approximate surface area is 176 Å². The quantitative estimate of drug-likeness (QED) is 0.245. The van der Waals surface area contributed by atoms with E-state index in [9.17, 15) is 14.7 Å². The number of carbonyl (C=O) groups excluding carboxylic acids is 2. The second-order valence-electron chi connectivity index (χ2n) is 8.10. The molecule has 0 aromatic heterocycles. The summed E-state index contributed by atoms with van der Waals surface area (Å²) in [6.45, 7) is 4.50. The summed E-state index contributed by atoms with van der Waals surface area (Å²) in [4.78, 5) is 23.6. The van der Waals surface area contributed by atoms with Gasteiger partial charge in [-0.05, 0) is 32.6 Å². The molecule has 1 aliphatic carbocycles. The van der Waals surface area contributed by atoms with Crippen molar-refractivity contribution in [1.29, 1.82) is 0 Å². The van der Waals surface area contributed by atoms with Crippen LogP contribution in [0.15, 0.2) is 0 Å². The smallest absolute Gasteiger partial charge is 0.305 e. The Hall–Kier alpha value is -0.550. The van der Waals surface area contributed by atoms with E-state index < -0.39 is 0 Å². The van der Waals surface area contributed by atoms with E-state index in [1.807, 2.05) is 18.7 Å². The van der Waals surface area contributed by atoms with Crippen LogP contribution in [0.25, 0.3) is 0 Å². The number of ketones is 1. The van der Waals surface area contributed by atoms with Crippen molar-refractivity contribution in [3.05, 3.63) is 0 Å². The third-order valence-corrected chi connectivity index (χ3v) is 7.20. The molecule has 1 aliphatic rings. The number of hydrogen-bond donors (Lipinski definition) is 1. The number of esters is 1. The van der Waals surface area contributed by atoms with Gasteiger partial charge in [0.2, 0.25) is 0 Å². The maximum atomic E-state index is 12.2. The molecule has 28 heavy (non-hydrogen) atoms. The number of thioether (sulfide) groups is 1. The van der Waals surface area contributed by atoms with Crippen LogP contribution >= 0.6 is 11.8 Å². The highest BCUT2D eigenvalue weighted by atomic mass is 32.2. The normalized spacial score (nSPS) is 20.5. The first kappa shape index (κ1) is 25.5. The van der Waals surface area contributed by atoms with E-state index in [1.54, 1.807) is 0 Å². The molecule has 0 aromatic carbocycles. The molecule has 1 N–H and O–H groups in total. The molecule has 0 saturated heterocycles. The highest BCUT2D eigenvalue weighted by Gasteiger charge is 2.34. The standard InChI is InChI=1S/C23H42O4S/c1-3-5-6-7-10-13-19(24)18-28-22-17-16-21(25)20(22)14-11-8-9-12-15-23(26)27-4-2/h19-20,22,24H,3-18H2,1-2H3. The van der Waals surface area contributed by atoms with Gasteiger partial charge in [0.1, 0.15) is 5.78 Å². The number of unbranched alkanes of at least 4 members (excludes halogenated alkanes) is 7. The minimum absolute atomic E-state index is 0.103. The van der Waals surface area contributed by atoms with Crippen molar-refractivity contribution >= 4 is 23.5 Å². The van der Waals surface area contributed by atoms with E-state index in [1.165, 1.54) is 25.7 Å². The molecule has 4 nitrogen and oxygen atoms in total. The van der Waals surface area contributed by atoms with Crippen molar-refractivity contribution in [1.82, 2.24) is 0 Å². The lowest BCUT2D eigenvalue weighted by Gasteiger charge is -2.19. The molecule has 3 atom stereocenters. The average molecular weight is 415 g/mol. The molecule has 5 heteroatoms. The summed E-state index contributed by atoms with van der Waals surface area (Å²) in [5.41, 5.74) is 0. The van der Waals surface area contributed by atoms with Crippen molar-refractivity contribution in [2.45, 2.75) is 115 Å². The van der Waals surface area contributed by atoms with Gasteiger partial charge in [0.25, 0.3) is 0 Å². The molecule has 0 aliphatic heterocycles. The molecule has 0 amide bonds. The first-order valence-electron chi connectivity index (χ1n) is 11.6. The fraction of sp³-hybridized carbons (Fsp3) is 0.913. The third-order valence-electron chi connectivity index (χ3n) is 5.63. The number of ether oxygens (including phenoxy) is 1. The van der Waals surface area contributed by atoms with Crippen LogP contribution in [-0.2, 0) is 14.3 Å². The molecule has 0 heterocycles. The summed E-state index contributed by atoms with van der Waals surface area (Å²) >= 11 is 1.82. The van der Waals surface area contributed by atoms with Gasteiger partial charge in [-0.15, -0.1) is 0 Å². The molecule has 3 unspecified atom stereocenters. The first-order chi connectivity index (χ1) is 13.6. The number of rotatable bonds is 17. The maximum Gasteiger partial charge on any atom is 0.305 e. The zero-order chi connectivity index (χ0) is 20.6. The third kappa shape index (κ3) is 11.5. The van der Waals surface area contributed by atoms with Crippen LogP contribution in [0.5, 0.6) is 0 Å². The predicted octanol–water partition coefficient (Wildman–Crippen LogP) is 5.69. The van der Waals surface area contributed by atoms with Crippen LogP contribution in [-0.4, -0.2) is 40.6 Å². The summed E-state index contributed by atoms with van der Waals surface area (Å²) in [5.74, 6) is 1.25. The Balaban J connectivity index is 2.14. The summed E-state index contributed by atoms with van der Waals surface area (Å²) in [7, 11) is 0. The topological polar surface area (TPSA) is 63.6 Å². The molecule has 0 aromatic rings. The lowest BCUT2D eigenvalue weighted by Crippen LogP contribution is -2.20. The summed E-state index contributed by atoms with van der Waals surface area (Å²) in [6, 6.07) is 0. The van der Waals surface area contributed by atoms with Gasteiger partial charge in [0, 0.05) is 29.8 Å². The maximum absolute atomic E-state index is 12.2. The molecular weight excluding hydrogens is 372 g/mol. The average Bonchev–Trinajstić information content (AvgIpc) is 3.02. The molecule has 1 rings (SSSR count). The predicted molar refractivity (Wildman–Crippen MR) is 118 cm³/mol. The zero-order valence-corrected chi connectivity index (χ0v) is 18.9. The van der Waals surface area contributed by atoms with Gasteiger partial charge in [-0.2, -0.15) is 11.8 Å². The Morgan fingerprint density at radius 2 is 1.82 bits per heavy atom.